The molecule has 1 fully saturated rings. The Labute approximate surface area is 240 Å². The number of hydrazone groups is 1. The number of rotatable bonds is 9. The van der Waals surface area contributed by atoms with Crippen LogP contribution in [0.4, 0.5) is 0 Å². The fourth-order valence-electron chi connectivity index (χ4n) is 4.10. The van der Waals surface area contributed by atoms with Gasteiger partial charge < -0.3 is 9.47 Å². The highest BCUT2D eigenvalue weighted by atomic mass is 79.9. The Morgan fingerprint density at radius 3 is 2.69 bits per heavy atom. The van der Waals surface area contributed by atoms with Crippen molar-refractivity contribution < 1.29 is 22.7 Å². The summed E-state index contributed by atoms with van der Waals surface area (Å²) >= 11 is 9.36. The van der Waals surface area contributed by atoms with Crippen molar-refractivity contribution in [3.05, 3.63) is 86.8 Å². The average molecular weight is 632 g/mol. The first-order valence-corrected chi connectivity index (χ1v) is 14.4. The molecule has 202 valence electrons. The van der Waals surface area contributed by atoms with E-state index in [4.69, 9.17) is 21.1 Å². The SMILES string of the molecule is COc1cc(/C=N\NC(=O)[C@H]2CCCN2S(=O)(=O)c2ccc(Cl)cc2)c(Br)cc1OCc1ccccc1C#N. The molecule has 0 aliphatic carbocycles. The number of nitrogens with one attached hydrogen (secondary N) is 1. The van der Waals surface area contributed by atoms with Crippen LogP contribution in [0.15, 0.2) is 75.1 Å². The third-order valence-corrected chi connectivity index (χ3v) is 8.97. The minimum absolute atomic E-state index is 0.0737. The molecule has 0 saturated carbocycles. The van der Waals surface area contributed by atoms with Gasteiger partial charge in [0.05, 0.1) is 29.9 Å². The molecule has 0 unspecified atom stereocenters. The van der Waals surface area contributed by atoms with Crippen LogP contribution in [0, 0.1) is 11.3 Å². The van der Waals surface area contributed by atoms with Crippen LogP contribution in [0.1, 0.15) is 29.5 Å². The van der Waals surface area contributed by atoms with Gasteiger partial charge in [0.2, 0.25) is 10.0 Å². The van der Waals surface area contributed by atoms with Gasteiger partial charge in [0, 0.05) is 27.2 Å². The third-order valence-electron chi connectivity index (χ3n) is 6.11. The van der Waals surface area contributed by atoms with Gasteiger partial charge in [-0.05, 0) is 71.2 Å². The summed E-state index contributed by atoms with van der Waals surface area (Å²) in [7, 11) is -2.37. The Morgan fingerprint density at radius 2 is 1.97 bits per heavy atom. The van der Waals surface area contributed by atoms with E-state index in [1.165, 1.54) is 41.9 Å². The van der Waals surface area contributed by atoms with E-state index in [9.17, 15) is 18.5 Å². The van der Waals surface area contributed by atoms with Crippen molar-refractivity contribution in [3.8, 4) is 17.6 Å². The summed E-state index contributed by atoms with van der Waals surface area (Å²) in [4.78, 5) is 13.0. The fraction of sp³-hybridized carbons (Fsp3) is 0.222. The summed E-state index contributed by atoms with van der Waals surface area (Å²) < 4.78 is 39.4. The fourth-order valence-corrected chi connectivity index (χ4v) is 6.31. The van der Waals surface area contributed by atoms with E-state index in [1.54, 1.807) is 24.3 Å². The summed E-state index contributed by atoms with van der Waals surface area (Å²) in [6.45, 7) is 0.405. The lowest BCUT2D eigenvalue weighted by atomic mass is 10.1. The zero-order valence-electron chi connectivity index (χ0n) is 20.8. The number of nitrogens with zero attached hydrogens (tertiary/aromatic N) is 3. The number of sulfonamides is 1. The van der Waals surface area contributed by atoms with E-state index in [2.05, 4.69) is 32.5 Å². The van der Waals surface area contributed by atoms with Gasteiger partial charge in [-0.2, -0.15) is 14.7 Å². The maximum absolute atomic E-state index is 13.1. The van der Waals surface area contributed by atoms with Gasteiger partial charge in [-0.25, -0.2) is 13.8 Å². The largest absolute Gasteiger partial charge is 0.493 e. The zero-order valence-corrected chi connectivity index (χ0v) is 24.0. The monoisotopic (exact) mass is 630 g/mol. The zero-order chi connectivity index (χ0) is 28.0. The van der Waals surface area contributed by atoms with Crippen molar-refractivity contribution in [3.63, 3.8) is 0 Å². The molecule has 1 atom stereocenters. The van der Waals surface area contributed by atoms with Crippen molar-refractivity contribution in [1.29, 1.82) is 5.26 Å². The number of carbonyl (C=O) groups excluding carboxylic acids is 1. The van der Waals surface area contributed by atoms with Crippen LogP contribution in [0.2, 0.25) is 5.02 Å². The minimum Gasteiger partial charge on any atom is -0.493 e. The highest BCUT2D eigenvalue weighted by Gasteiger charge is 2.39. The lowest BCUT2D eigenvalue weighted by Crippen LogP contribution is -2.44. The van der Waals surface area contributed by atoms with Crippen molar-refractivity contribution >= 4 is 49.7 Å². The van der Waals surface area contributed by atoms with Crippen LogP contribution in [0.3, 0.4) is 0 Å². The van der Waals surface area contributed by atoms with E-state index in [-0.39, 0.29) is 18.0 Å². The lowest BCUT2D eigenvalue weighted by molar-refractivity contribution is -0.124. The second-order valence-corrected chi connectivity index (χ2v) is 11.7. The number of benzene rings is 3. The van der Waals surface area contributed by atoms with E-state index in [0.717, 1.165) is 5.56 Å². The highest BCUT2D eigenvalue weighted by molar-refractivity contribution is 9.10. The Morgan fingerprint density at radius 1 is 1.23 bits per heavy atom. The molecule has 0 aromatic heterocycles. The highest BCUT2D eigenvalue weighted by Crippen LogP contribution is 2.34. The molecule has 0 bridgehead atoms. The van der Waals surface area contributed by atoms with Gasteiger partial charge in [0.1, 0.15) is 12.6 Å². The van der Waals surface area contributed by atoms with Gasteiger partial charge in [0.25, 0.3) is 5.91 Å². The molecule has 3 aromatic carbocycles. The van der Waals surface area contributed by atoms with E-state index in [0.29, 0.717) is 45.0 Å². The standard InChI is InChI=1S/C27H24BrClN4O5S/c1-37-25-13-20(23(28)14-26(25)38-17-19-6-3-2-5-18(19)15-30)16-31-32-27(34)24-7-4-12-33(24)39(35,36)22-10-8-21(29)9-11-22/h2-3,5-6,8-11,13-14,16,24H,4,7,12,17H2,1H3,(H,32,34)/b31-16-/t24-/m1/s1. The number of hydrogen-bond donors (Lipinski definition) is 1. The smallest absolute Gasteiger partial charge is 0.258 e. The van der Waals surface area contributed by atoms with Crippen LogP contribution < -0.4 is 14.9 Å². The first-order valence-electron chi connectivity index (χ1n) is 11.8. The lowest BCUT2D eigenvalue weighted by Gasteiger charge is -2.22. The number of ether oxygens (including phenoxy) is 2. The normalized spacial score (nSPS) is 15.7. The summed E-state index contributed by atoms with van der Waals surface area (Å²) in [5.41, 5.74) is 4.31. The van der Waals surface area contributed by atoms with Crippen LogP contribution in [-0.2, 0) is 21.4 Å². The summed E-state index contributed by atoms with van der Waals surface area (Å²) in [5, 5.41) is 13.7. The molecule has 0 spiro atoms. The Kier molecular flexibility index (Phi) is 9.24. The molecule has 1 aliphatic heterocycles. The molecular weight excluding hydrogens is 608 g/mol. The molecule has 3 aromatic rings. The van der Waals surface area contributed by atoms with Crippen molar-refractivity contribution in [2.24, 2.45) is 5.10 Å². The summed E-state index contributed by atoms with van der Waals surface area (Å²) in [6, 6.07) is 17.6. The summed E-state index contributed by atoms with van der Waals surface area (Å²) in [6.07, 6.45) is 2.36. The molecule has 1 amide bonds. The van der Waals surface area contributed by atoms with Crippen molar-refractivity contribution in [2.45, 2.75) is 30.4 Å². The first-order chi connectivity index (χ1) is 18.7. The van der Waals surface area contributed by atoms with Gasteiger partial charge >= 0.3 is 0 Å². The molecule has 1 heterocycles. The minimum atomic E-state index is -3.87. The van der Waals surface area contributed by atoms with E-state index in [1.807, 2.05) is 12.1 Å². The quantitative estimate of drug-likeness (QED) is 0.266. The Balaban J connectivity index is 1.44. The van der Waals surface area contributed by atoms with Gasteiger partial charge in [-0.15, -0.1) is 0 Å². The number of amides is 1. The predicted molar refractivity (Wildman–Crippen MR) is 150 cm³/mol. The Bertz CT molecular complexity index is 1540. The van der Waals surface area contributed by atoms with Gasteiger partial charge in [0.15, 0.2) is 11.5 Å². The molecule has 0 radical (unpaired) electrons. The topological polar surface area (TPSA) is 121 Å². The number of halogens is 2. The molecular formula is C27H24BrClN4O5S. The van der Waals surface area contributed by atoms with Crippen molar-refractivity contribution in [2.75, 3.05) is 13.7 Å². The van der Waals surface area contributed by atoms with Crippen molar-refractivity contribution in [1.82, 2.24) is 9.73 Å². The number of methoxy groups -OCH3 is 1. The third kappa shape index (κ3) is 6.59. The second-order valence-electron chi connectivity index (χ2n) is 8.54. The summed E-state index contributed by atoms with van der Waals surface area (Å²) in [5.74, 6) is 0.351. The van der Waals surface area contributed by atoms with Gasteiger partial charge in [-0.3, -0.25) is 4.79 Å². The second kappa shape index (κ2) is 12.6. The van der Waals surface area contributed by atoms with Crippen LogP contribution in [0.5, 0.6) is 11.5 Å². The molecule has 1 aliphatic rings. The molecule has 39 heavy (non-hydrogen) atoms. The number of hydrogen-bond acceptors (Lipinski definition) is 7. The molecule has 1 saturated heterocycles. The number of carbonyl (C=O) groups is 1. The van der Waals surface area contributed by atoms with Crippen LogP contribution in [-0.4, -0.2) is 44.5 Å². The van der Waals surface area contributed by atoms with Gasteiger partial charge in [-0.1, -0.05) is 29.8 Å². The van der Waals surface area contributed by atoms with E-state index >= 15 is 0 Å². The maximum Gasteiger partial charge on any atom is 0.258 e. The first kappa shape index (κ1) is 28.6. The maximum atomic E-state index is 13.1. The van der Waals surface area contributed by atoms with E-state index < -0.39 is 22.0 Å². The Hall–Kier alpha value is -3.43. The number of nitriles is 1. The molecule has 9 nitrogen and oxygen atoms in total. The van der Waals surface area contributed by atoms with Crippen LogP contribution in [0.25, 0.3) is 0 Å². The average Bonchev–Trinajstić information content (AvgIpc) is 3.44. The van der Waals surface area contributed by atoms with Crippen LogP contribution >= 0.6 is 27.5 Å². The molecule has 1 N–H and O–H groups in total. The predicted octanol–water partition coefficient (Wildman–Crippen LogP) is 4.87. The molecule has 4 rings (SSSR count). The molecule has 12 heteroatoms.